The highest BCUT2D eigenvalue weighted by atomic mass is 32.2. The number of thiocarbonyl (C=S) groups is 1. The number of aliphatic hydroxyl groups excluding tert-OH is 1. The molecule has 2 N–H and O–H groups in total. The van der Waals surface area contributed by atoms with E-state index in [4.69, 9.17) is 26.5 Å². The number of aliphatic hydroxyl groups is 1. The molecule has 3 aromatic heterocycles. The molecule has 0 radical (unpaired) electrons. The van der Waals surface area contributed by atoms with Gasteiger partial charge in [-0.25, -0.2) is 4.98 Å². The van der Waals surface area contributed by atoms with E-state index in [1.54, 1.807) is 24.4 Å². The Kier molecular flexibility index (Phi) is 7.23. The number of fused-ring (bicyclic) bond motifs is 1. The summed E-state index contributed by atoms with van der Waals surface area (Å²) in [5.41, 5.74) is 1.32. The summed E-state index contributed by atoms with van der Waals surface area (Å²) in [6, 6.07) is 7.14. The standard InChI is InChI=1S/C22H22N4O5S2/c1-14-4-5-18-24-19(23-6-9-30-10-7-27)16(20(28)25(18)12-14)11-17-21(29)26(22(32)33-17)13-15-3-2-8-31-15/h2-5,8,11-12,23,27H,6-7,9-10,13H2,1H3. The molecule has 4 heterocycles. The molecule has 1 fully saturated rings. The second kappa shape index (κ2) is 10.3. The molecule has 1 aliphatic rings. The van der Waals surface area contributed by atoms with Crippen molar-refractivity contribution in [2.45, 2.75) is 13.5 Å². The predicted molar refractivity (Wildman–Crippen MR) is 130 cm³/mol. The number of amides is 1. The fourth-order valence-electron chi connectivity index (χ4n) is 3.26. The number of aryl methyl sites for hydroxylation is 1. The van der Waals surface area contributed by atoms with Crippen LogP contribution in [0, 0.1) is 6.92 Å². The number of nitrogens with zero attached hydrogens (tertiary/aromatic N) is 3. The second-order valence-electron chi connectivity index (χ2n) is 7.22. The van der Waals surface area contributed by atoms with E-state index in [0.717, 1.165) is 17.3 Å². The highest BCUT2D eigenvalue weighted by Crippen LogP contribution is 2.34. The molecule has 3 aromatic rings. The van der Waals surface area contributed by atoms with Gasteiger partial charge in [0, 0.05) is 12.7 Å². The van der Waals surface area contributed by atoms with E-state index in [-0.39, 0.29) is 36.8 Å². The normalized spacial score (nSPS) is 15.2. The molecule has 172 valence electrons. The van der Waals surface area contributed by atoms with Gasteiger partial charge in [0.15, 0.2) is 0 Å². The molecule has 0 aliphatic carbocycles. The first-order chi connectivity index (χ1) is 16.0. The summed E-state index contributed by atoms with van der Waals surface area (Å²) < 4.78 is 12.5. The van der Waals surface area contributed by atoms with Gasteiger partial charge in [-0.2, -0.15) is 0 Å². The largest absolute Gasteiger partial charge is 0.467 e. The lowest BCUT2D eigenvalue weighted by Crippen LogP contribution is -2.27. The van der Waals surface area contributed by atoms with Crippen molar-refractivity contribution in [1.82, 2.24) is 14.3 Å². The summed E-state index contributed by atoms with van der Waals surface area (Å²) in [6.45, 7) is 2.95. The number of hydrogen-bond acceptors (Lipinski definition) is 9. The lowest BCUT2D eigenvalue weighted by atomic mass is 10.2. The maximum absolute atomic E-state index is 13.3. The van der Waals surface area contributed by atoms with Crippen LogP contribution in [0.2, 0.25) is 0 Å². The van der Waals surface area contributed by atoms with Crippen molar-refractivity contribution in [3.05, 3.63) is 68.9 Å². The first-order valence-electron chi connectivity index (χ1n) is 10.2. The molecular weight excluding hydrogens is 464 g/mol. The lowest BCUT2D eigenvalue weighted by Gasteiger charge is -2.12. The number of rotatable bonds is 9. The Labute approximate surface area is 199 Å². The number of pyridine rings is 1. The van der Waals surface area contributed by atoms with Crippen LogP contribution in [0.1, 0.15) is 16.9 Å². The molecule has 33 heavy (non-hydrogen) atoms. The van der Waals surface area contributed by atoms with Crippen LogP contribution in [-0.4, -0.2) is 56.0 Å². The molecule has 1 aliphatic heterocycles. The van der Waals surface area contributed by atoms with Gasteiger partial charge in [-0.3, -0.25) is 18.9 Å². The molecule has 0 saturated carbocycles. The summed E-state index contributed by atoms with van der Waals surface area (Å²) in [4.78, 5) is 32.7. The van der Waals surface area contributed by atoms with Crippen LogP contribution in [0.25, 0.3) is 11.7 Å². The van der Waals surface area contributed by atoms with Crippen LogP contribution in [0.15, 0.2) is 50.8 Å². The molecule has 1 saturated heterocycles. The molecule has 0 spiro atoms. The quantitative estimate of drug-likeness (QED) is 0.268. The minimum absolute atomic E-state index is 0.0694. The number of nitrogens with one attached hydrogen (secondary N) is 1. The highest BCUT2D eigenvalue weighted by molar-refractivity contribution is 8.26. The number of aromatic nitrogens is 2. The van der Waals surface area contributed by atoms with E-state index in [1.165, 1.54) is 21.6 Å². The van der Waals surface area contributed by atoms with Gasteiger partial charge in [-0.05, 0) is 36.8 Å². The van der Waals surface area contributed by atoms with Crippen LogP contribution in [0.5, 0.6) is 0 Å². The summed E-state index contributed by atoms with van der Waals surface area (Å²) in [5.74, 6) is 0.654. The van der Waals surface area contributed by atoms with Gasteiger partial charge in [-0.1, -0.05) is 30.0 Å². The topological polar surface area (TPSA) is 109 Å². The van der Waals surface area contributed by atoms with Crippen molar-refractivity contribution in [3.63, 3.8) is 0 Å². The monoisotopic (exact) mass is 486 g/mol. The maximum atomic E-state index is 13.3. The average Bonchev–Trinajstić information content (AvgIpc) is 3.40. The molecule has 0 bridgehead atoms. The van der Waals surface area contributed by atoms with E-state index in [0.29, 0.717) is 39.6 Å². The second-order valence-corrected chi connectivity index (χ2v) is 8.90. The lowest BCUT2D eigenvalue weighted by molar-refractivity contribution is -0.122. The van der Waals surface area contributed by atoms with E-state index >= 15 is 0 Å². The van der Waals surface area contributed by atoms with Crippen LogP contribution in [-0.2, 0) is 16.1 Å². The van der Waals surface area contributed by atoms with E-state index in [1.807, 2.05) is 13.0 Å². The third kappa shape index (κ3) is 5.17. The van der Waals surface area contributed by atoms with Gasteiger partial charge in [0.2, 0.25) is 0 Å². The van der Waals surface area contributed by atoms with Crippen LogP contribution in [0.3, 0.4) is 0 Å². The number of furan rings is 1. The Bertz CT molecular complexity index is 1270. The smallest absolute Gasteiger partial charge is 0.267 e. The van der Waals surface area contributed by atoms with Gasteiger partial charge in [0.05, 0.1) is 43.1 Å². The Morgan fingerprint density at radius 2 is 2.15 bits per heavy atom. The summed E-state index contributed by atoms with van der Waals surface area (Å²) in [5, 5.41) is 12.0. The Morgan fingerprint density at radius 1 is 1.30 bits per heavy atom. The zero-order valence-electron chi connectivity index (χ0n) is 17.8. The van der Waals surface area contributed by atoms with Gasteiger partial charge in [0.1, 0.15) is 21.5 Å². The van der Waals surface area contributed by atoms with E-state index < -0.39 is 0 Å². The molecular formula is C22H22N4O5S2. The number of ether oxygens (including phenoxy) is 1. The number of carbonyl (C=O) groups excluding carboxylic acids is 1. The number of hydrogen-bond donors (Lipinski definition) is 2. The molecule has 1 amide bonds. The average molecular weight is 487 g/mol. The van der Waals surface area contributed by atoms with Crippen molar-refractivity contribution in [2.24, 2.45) is 0 Å². The number of carbonyl (C=O) groups is 1. The van der Waals surface area contributed by atoms with Crippen molar-refractivity contribution in [2.75, 3.05) is 31.7 Å². The Hall–Kier alpha value is -2.99. The third-order valence-corrected chi connectivity index (χ3v) is 6.20. The van der Waals surface area contributed by atoms with Crippen LogP contribution >= 0.6 is 24.0 Å². The summed E-state index contributed by atoms with van der Waals surface area (Å²) in [7, 11) is 0. The van der Waals surface area contributed by atoms with Gasteiger partial charge in [-0.15, -0.1) is 0 Å². The molecule has 4 rings (SSSR count). The predicted octanol–water partition coefficient (Wildman–Crippen LogP) is 2.42. The fraction of sp³-hybridized carbons (Fsp3) is 0.273. The zero-order chi connectivity index (χ0) is 23.4. The molecule has 0 atom stereocenters. The van der Waals surface area contributed by atoms with Gasteiger partial charge in [0.25, 0.3) is 11.5 Å². The molecule has 0 aromatic carbocycles. The van der Waals surface area contributed by atoms with Crippen molar-refractivity contribution < 1.29 is 19.1 Å². The zero-order valence-corrected chi connectivity index (χ0v) is 19.4. The van der Waals surface area contributed by atoms with Crippen LogP contribution < -0.4 is 10.9 Å². The van der Waals surface area contributed by atoms with Gasteiger partial charge >= 0.3 is 0 Å². The van der Waals surface area contributed by atoms with Crippen molar-refractivity contribution in [1.29, 1.82) is 0 Å². The fourth-order valence-corrected chi connectivity index (χ4v) is 4.49. The van der Waals surface area contributed by atoms with E-state index in [2.05, 4.69) is 10.3 Å². The maximum Gasteiger partial charge on any atom is 0.267 e. The minimum Gasteiger partial charge on any atom is -0.467 e. The highest BCUT2D eigenvalue weighted by Gasteiger charge is 2.33. The first-order valence-corrected chi connectivity index (χ1v) is 11.4. The van der Waals surface area contributed by atoms with E-state index in [9.17, 15) is 9.59 Å². The SMILES string of the molecule is Cc1ccc2nc(NCCOCCO)c(C=C3SC(=S)N(Cc4ccco4)C3=O)c(=O)n2c1. The van der Waals surface area contributed by atoms with Crippen molar-refractivity contribution >= 4 is 51.7 Å². The number of thioether (sulfide) groups is 1. The molecule has 0 unspecified atom stereocenters. The van der Waals surface area contributed by atoms with Gasteiger partial charge < -0.3 is 19.6 Å². The van der Waals surface area contributed by atoms with Crippen LogP contribution in [0.4, 0.5) is 5.82 Å². The summed E-state index contributed by atoms with van der Waals surface area (Å²) in [6.07, 6.45) is 4.77. The molecule has 11 heteroatoms. The third-order valence-electron chi connectivity index (χ3n) is 4.82. The molecule has 9 nitrogen and oxygen atoms in total. The number of anilines is 1. The summed E-state index contributed by atoms with van der Waals surface area (Å²) >= 11 is 6.52. The Balaban J connectivity index is 1.68. The van der Waals surface area contributed by atoms with Crippen molar-refractivity contribution in [3.8, 4) is 0 Å². The Morgan fingerprint density at radius 3 is 2.91 bits per heavy atom. The first kappa shape index (κ1) is 23.2. The minimum atomic E-state index is -0.307.